The van der Waals surface area contributed by atoms with Crippen molar-refractivity contribution in [1.29, 1.82) is 0 Å². The van der Waals surface area contributed by atoms with Gasteiger partial charge in [0.15, 0.2) is 0 Å². The van der Waals surface area contributed by atoms with Crippen molar-refractivity contribution in [2.45, 2.75) is 0 Å². The van der Waals surface area contributed by atoms with Crippen molar-refractivity contribution in [3.05, 3.63) is 10.1 Å². The number of rotatable bonds is 0. The van der Waals surface area contributed by atoms with Gasteiger partial charge in [0.2, 0.25) is 0 Å². The lowest BCUT2D eigenvalue weighted by atomic mass is 13.1. The second-order valence-electron chi connectivity index (χ2n) is 0.238. The molecule has 0 aliphatic rings. The van der Waals surface area contributed by atoms with E-state index in [-0.39, 0.29) is 29.2 Å². The molecule has 0 radical (unpaired) electrons. The summed E-state index contributed by atoms with van der Waals surface area (Å²) in [6, 6.07) is 0. The van der Waals surface area contributed by atoms with Crippen LogP contribution in [0.3, 0.4) is 0 Å². The Balaban J connectivity index is -0.0000000450. The Hall–Kier alpha value is -0.0738. The fraction of sp³-hybridized carbons (Fsp3) is 0. The van der Waals surface area contributed by atoms with Crippen molar-refractivity contribution >= 4 is 23.1 Å². The van der Waals surface area contributed by atoms with Gasteiger partial charge in [-0.1, -0.05) is 0 Å². The van der Waals surface area contributed by atoms with Crippen molar-refractivity contribution in [2.75, 3.05) is 0 Å². The van der Waals surface area contributed by atoms with E-state index in [1.54, 1.807) is 0 Å². The maximum absolute atomic E-state index is 8.36. The minimum Gasteiger partial charge on any atom is -0.344 e. The first-order chi connectivity index (χ1) is 1.73. The molecule has 0 spiro atoms. The van der Waals surface area contributed by atoms with E-state index in [0.717, 1.165) is 0 Å². The molecule has 0 aromatic rings. The van der Waals surface area contributed by atoms with Gasteiger partial charge in [-0.2, -0.15) is 0 Å². The smallest absolute Gasteiger partial charge is 0.316 e. The Bertz CT molecular complexity index is 31.8. The largest absolute Gasteiger partial charge is 0.344 e. The number of nitrogens with zero attached hydrogens (tertiary/aromatic N) is 1. The van der Waals surface area contributed by atoms with Crippen molar-refractivity contribution in [2.24, 2.45) is 0 Å². The average Bonchev–Trinajstić information content (AvgIpc) is 0.811. The van der Waals surface area contributed by atoms with Gasteiger partial charge in [-0.3, -0.25) is 0 Å². The third-order valence-corrected chi connectivity index (χ3v) is 0. The minimum atomic E-state index is -1.50. The molecule has 4 N–H and O–H groups in total. The zero-order valence-corrected chi connectivity index (χ0v) is 2.42. The summed E-state index contributed by atoms with van der Waals surface area (Å²) >= 11 is 0. The molecule has 0 fully saturated rings. The molecule has 0 aromatic carbocycles. The summed E-state index contributed by atoms with van der Waals surface area (Å²) in [5, 5.41) is 13.6. The molecular weight excluding hydrogens is 100 g/mol. The Morgan fingerprint density at radius 2 is 1.67 bits per heavy atom. The third-order valence-electron chi connectivity index (χ3n) is 0. The van der Waals surface area contributed by atoms with Crippen LogP contribution in [0.25, 0.3) is 0 Å². The molecule has 0 heterocycles. The van der Waals surface area contributed by atoms with Crippen LogP contribution in [-0.4, -0.2) is 33.3 Å². The molecule has 0 saturated heterocycles. The van der Waals surface area contributed by atoms with Gasteiger partial charge in [-0.05, 0) is 0 Å². The molecule has 0 saturated carbocycles. The molecule has 36 valence electrons. The van der Waals surface area contributed by atoms with E-state index in [4.69, 9.17) is 15.3 Å². The Morgan fingerprint density at radius 3 is 1.67 bits per heavy atom. The van der Waals surface area contributed by atoms with Crippen LogP contribution < -0.4 is 6.15 Å². The SMILES string of the molecule is N.O=[N+]([O-])O.[MgH2]. The Morgan fingerprint density at radius 1 is 1.67 bits per heavy atom. The molecule has 0 aliphatic heterocycles. The summed E-state index contributed by atoms with van der Waals surface area (Å²) in [5.74, 6) is 0. The molecule has 0 bridgehead atoms. The highest BCUT2D eigenvalue weighted by molar-refractivity contribution is 5.75. The lowest BCUT2D eigenvalue weighted by molar-refractivity contribution is -0.742. The highest BCUT2D eigenvalue weighted by Crippen LogP contribution is 1.38. The Labute approximate surface area is 50.2 Å². The zero-order valence-electron chi connectivity index (χ0n) is 2.42. The predicted octanol–water partition coefficient (Wildman–Crippen LogP) is -1.10. The minimum absolute atomic E-state index is 0. The monoisotopic (exact) mass is 106 g/mol. The quantitative estimate of drug-likeness (QED) is 0.233. The van der Waals surface area contributed by atoms with Gasteiger partial charge in [0.1, 0.15) is 0 Å². The van der Waals surface area contributed by atoms with E-state index in [0.29, 0.717) is 0 Å². The van der Waals surface area contributed by atoms with E-state index in [2.05, 4.69) is 0 Å². The van der Waals surface area contributed by atoms with Crippen LogP contribution >= 0.6 is 0 Å². The summed E-state index contributed by atoms with van der Waals surface area (Å²) in [6.07, 6.45) is 0. The first-order valence-corrected chi connectivity index (χ1v) is 0.565. The van der Waals surface area contributed by atoms with Crippen LogP contribution in [0, 0.1) is 10.1 Å². The standard InChI is InChI=1S/Mg.HNO3.H3N.2H/c;2-1(3)4;;;/h;(H,2,3,4);1H3;;. The van der Waals surface area contributed by atoms with Crippen LogP contribution in [0.2, 0.25) is 0 Å². The second-order valence-corrected chi connectivity index (χ2v) is 0.238. The molecule has 5 nitrogen and oxygen atoms in total. The maximum Gasteiger partial charge on any atom is 0.316 e. The number of hydrogen-bond acceptors (Lipinski definition) is 3. The second kappa shape index (κ2) is 8.87. The van der Waals surface area contributed by atoms with Gasteiger partial charge in [0, 0.05) is 0 Å². The summed E-state index contributed by atoms with van der Waals surface area (Å²) < 4.78 is 0. The first kappa shape index (κ1) is 16.8. The Kier molecular flexibility index (Phi) is 24.8. The lowest BCUT2D eigenvalue weighted by Gasteiger charge is -1.56. The molecule has 0 unspecified atom stereocenters. The summed E-state index contributed by atoms with van der Waals surface area (Å²) in [5.41, 5.74) is 0. The predicted molar refractivity (Wildman–Crippen MR) is 22.3 cm³/mol. The molecule has 0 rings (SSSR count). The molecule has 0 aliphatic carbocycles. The summed E-state index contributed by atoms with van der Waals surface area (Å²) in [4.78, 5) is 8.36. The topological polar surface area (TPSA) is 98.4 Å². The summed E-state index contributed by atoms with van der Waals surface area (Å²) in [7, 11) is 0. The van der Waals surface area contributed by atoms with E-state index >= 15 is 0 Å². The van der Waals surface area contributed by atoms with Crippen molar-refractivity contribution < 1.29 is 10.3 Å². The van der Waals surface area contributed by atoms with Crippen molar-refractivity contribution in [1.82, 2.24) is 6.15 Å². The molecular formula is H6MgN2O3. The van der Waals surface area contributed by atoms with Gasteiger partial charge in [0.25, 0.3) is 5.09 Å². The van der Waals surface area contributed by atoms with E-state index < -0.39 is 5.09 Å². The normalized spacial score (nSPS) is 4.00. The fourth-order valence-electron chi connectivity index (χ4n) is 0. The molecule has 0 atom stereocenters. The third kappa shape index (κ3) is 6180. The van der Waals surface area contributed by atoms with E-state index in [9.17, 15) is 0 Å². The van der Waals surface area contributed by atoms with Gasteiger partial charge < -0.3 is 11.4 Å². The number of hydrogen-bond donors (Lipinski definition) is 2. The van der Waals surface area contributed by atoms with Crippen molar-refractivity contribution in [3.63, 3.8) is 0 Å². The van der Waals surface area contributed by atoms with Crippen LogP contribution in [0.4, 0.5) is 0 Å². The summed E-state index contributed by atoms with van der Waals surface area (Å²) in [6.45, 7) is 0. The van der Waals surface area contributed by atoms with Gasteiger partial charge in [-0.25, -0.2) is 0 Å². The van der Waals surface area contributed by atoms with Gasteiger partial charge in [0.05, 0.1) is 0 Å². The maximum atomic E-state index is 8.36. The molecule has 0 amide bonds. The molecule has 0 aromatic heterocycles. The van der Waals surface area contributed by atoms with Crippen LogP contribution in [-0.2, 0) is 0 Å². The molecule has 6 heavy (non-hydrogen) atoms. The van der Waals surface area contributed by atoms with Crippen molar-refractivity contribution in [3.8, 4) is 0 Å². The molecule has 6 heteroatoms. The fourth-order valence-corrected chi connectivity index (χ4v) is 0. The van der Waals surface area contributed by atoms with Crippen LogP contribution in [0.5, 0.6) is 0 Å². The van der Waals surface area contributed by atoms with E-state index in [1.165, 1.54) is 0 Å². The van der Waals surface area contributed by atoms with Gasteiger partial charge in [-0.15, -0.1) is 10.1 Å². The van der Waals surface area contributed by atoms with Crippen LogP contribution in [0.1, 0.15) is 0 Å². The highest BCUT2D eigenvalue weighted by Gasteiger charge is 1.65. The lowest BCUT2D eigenvalue weighted by Crippen LogP contribution is -1.81. The first-order valence-electron chi connectivity index (χ1n) is 0.565. The average molecular weight is 106 g/mol. The highest BCUT2D eigenvalue weighted by atomic mass is 24.3. The van der Waals surface area contributed by atoms with Crippen LogP contribution in [0.15, 0.2) is 0 Å². The van der Waals surface area contributed by atoms with E-state index in [1.807, 2.05) is 0 Å². The van der Waals surface area contributed by atoms with Gasteiger partial charge >= 0.3 is 23.1 Å². The zero-order chi connectivity index (χ0) is 3.58.